The molecule has 2 saturated heterocycles. The second kappa shape index (κ2) is 17.3. The lowest BCUT2D eigenvalue weighted by Gasteiger charge is -2.34. The average molecular weight is 839 g/mol. The maximum atomic E-state index is 14.6. The van der Waals surface area contributed by atoms with Crippen LogP contribution in [0.3, 0.4) is 0 Å². The molecule has 2 aliphatic rings. The molecular weight excluding hydrogens is 781 g/mol. The summed E-state index contributed by atoms with van der Waals surface area (Å²) in [6, 6.07) is 29.1. The molecule has 6 aromatic rings. The predicted octanol–water partition coefficient (Wildman–Crippen LogP) is 9.03. The number of hydrogen-bond acceptors (Lipinski definition) is 7. The zero-order chi connectivity index (χ0) is 43.0. The first-order valence-corrected chi connectivity index (χ1v) is 25.1. The minimum Gasteiger partial charge on any atom is -0.453 e. The Labute approximate surface area is 359 Å². The van der Waals surface area contributed by atoms with Gasteiger partial charge in [0.15, 0.2) is 0 Å². The molecule has 3 N–H and O–H groups in total. The van der Waals surface area contributed by atoms with Crippen LogP contribution in [0.4, 0.5) is 4.79 Å². The van der Waals surface area contributed by atoms with E-state index in [0.29, 0.717) is 6.54 Å². The highest BCUT2D eigenvalue weighted by Gasteiger charge is 2.46. The monoisotopic (exact) mass is 838 g/mol. The number of nitrogens with one attached hydrogen (secondary N) is 3. The van der Waals surface area contributed by atoms with Gasteiger partial charge in [-0.15, -0.1) is 0 Å². The first kappa shape index (κ1) is 41.9. The van der Waals surface area contributed by atoms with Crippen molar-refractivity contribution in [3.8, 4) is 22.4 Å². The van der Waals surface area contributed by atoms with Gasteiger partial charge in [-0.1, -0.05) is 101 Å². The maximum Gasteiger partial charge on any atom is 0.407 e. The summed E-state index contributed by atoms with van der Waals surface area (Å²) < 4.78 is 4.79. The van der Waals surface area contributed by atoms with E-state index in [0.717, 1.165) is 99.5 Å². The lowest BCUT2D eigenvalue weighted by molar-refractivity contribution is -0.138. The minimum absolute atomic E-state index is 0.0978. The number of carbonyl (C=O) groups excluding carboxylic acids is 3. The normalized spacial score (nSPS) is 18.6. The predicted molar refractivity (Wildman–Crippen MR) is 243 cm³/mol. The largest absolute Gasteiger partial charge is 0.453 e. The van der Waals surface area contributed by atoms with Crippen LogP contribution in [-0.4, -0.2) is 99.6 Å². The number of methoxy groups -OCH3 is 1. The number of fused-ring (bicyclic) bond motifs is 2. The van der Waals surface area contributed by atoms with Gasteiger partial charge in [0, 0.05) is 24.5 Å². The lowest BCUT2D eigenvalue weighted by Crippen LogP contribution is -2.51. The summed E-state index contributed by atoms with van der Waals surface area (Å²) in [4.78, 5) is 63.6. The number of H-pyrrole nitrogens is 2. The Morgan fingerprint density at radius 2 is 1.54 bits per heavy atom. The molecule has 4 atom stereocenters. The van der Waals surface area contributed by atoms with Gasteiger partial charge in [-0.05, 0) is 89.6 Å². The lowest BCUT2D eigenvalue weighted by atomic mass is 9.99. The molecule has 0 unspecified atom stereocenters. The minimum atomic E-state index is -1.71. The van der Waals surface area contributed by atoms with Crippen molar-refractivity contribution in [1.82, 2.24) is 40.0 Å². The highest BCUT2D eigenvalue weighted by molar-refractivity contribution is 6.78. The van der Waals surface area contributed by atoms with Crippen molar-refractivity contribution >= 4 is 47.8 Å². The quantitative estimate of drug-likeness (QED) is 0.105. The molecule has 0 bridgehead atoms. The number of carbonyl (C=O) groups is 3. The van der Waals surface area contributed by atoms with Crippen molar-refractivity contribution in [3.63, 3.8) is 0 Å². The molecule has 318 valence electrons. The molecule has 3 amide bonds. The summed E-state index contributed by atoms with van der Waals surface area (Å²) in [6.45, 7) is 15.0. The zero-order valence-corrected chi connectivity index (χ0v) is 37.4. The third-order valence-corrected chi connectivity index (χ3v) is 15.3. The Morgan fingerprint density at radius 1 is 0.852 bits per heavy atom. The highest BCUT2D eigenvalue weighted by atomic mass is 28.3. The van der Waals surface area contributed by atoms with Gasteiger partial charge in [-0.25, -0.2) is 14.8 Å². The van der Waals surface area contributed by atoms with Crippen LogP contribution in [0, 0.1) is 5.92 Å². The molecular formula is C48H58N8O4Si. The molecule has 0 radical (unpaired) electrons. The number of aromatic nitrogens is 4. The number of aromatic amines is 2. The molecule has 4 aromatic carbocycles. The fraction of sp³-hybridized carbons (Fsp3) is 0.396. The Morgan fingerprint density at radius 3 is 2.25 bits per heavy atom. The topological polar surface area (TPSA) is 140 Å². The Balaban J connectivity index is 1.01. The smallest absolute Gasteiger partial charge is 0.407 e. The SMILES string of the molecule is CCN(CC)[C@@H](C(=O)N1C[Si](C)(C)C[C@H]1c1nc2ccc(-c3ccc4cc(-c5c[nH]c([C@@H]6CCCN6C(=O)[C@@H](NC(=O)OC)C(C)C)n5)ccc4c3)cc2[nH]1)c1ccccc1. The fourth-order valence-corrected chi connectivity index (χ4v) is 12.3. The van der Waals surface area contributed by atoms with Gasteiger partial charge in [-0.3, -0.25) is 14.5 Å². The molecule has 4 heterocycles. The van der Waals surface area contributed by atoms with Crippen molar-refractivity contribution in [2.45, 2.75) is 83.8 Å². The van der Waals surface area contributed by atoms with Crippen molar-refractivity contribution in [2.75, 3.05) is 32.9 Å². The molecule has 0 aliphatic carbocycles. The third-order valence-electron chi connectivity index (χ3n) is 12.7. The second-order valence-corrected chi connectivity index (χ2v) is 22.8. The molecule has 8 rings (SSSR count). The van der Waals surface area contributed by atoms with Crippen LogP contribution in [-0.2, 0) is 14.3 Å². The number of benzene rings is 4. The van der Waals surface area contributed by atoms with Crippen LogP contribution in [0.15, 0.2) is 91.1 Å². The number of ether oxygens (including phenoxy) is 1. The first-order chi connectivity index (χ1) is 29.4. The summed E-state index contributed by atoms with van der Waals surface area (Å²) in [7, 11) is -0.411. The molecule has 61 heavy (non-hydrogen) atoms. The summed E-state index contributed by atoms with van der Waals surface area (Å²) >= 11 is 0. The van der Waals surface area contributed by atoms with Crippen LogP contribution in [0.1, 0.15) is 75.9 Å². The van der Waals surface area contributed by atoms with E-state index < -0.39 is 20.2 Å². The van der Waals surface area contributed by atoms with E-state index in [2.05, 4.69) is 119 Å². The van der Waals surface area contributed by atoms with Crippen molar-refractivity contribution in [3.05, 3.63) is 108 Å². The number of likely N-dealkylation sites (tertiary alicyclic amines) is 1. The van der Waals surface area contributed by atoms with Crippen molar-refractivity contribution < 1.29 is 19.1 Å². The number of alkyl carbamates (subject to hydrolysis) is 1. The van der Waals surface area contributed by atoms with Gasteiger partial charge in [0.1, 0.15) is 23.7 Å². The number of nitrogens with zero attached hydrogens (tertiary/aromatic N) is 5. The number of rotatable bonds is 12. The van der Waals surface area contributed by atoms with Gasteiger partial charge in [0.2, 0.25) is 11.8 Å². The van der Waals surface area contributed by atoms with Gasteiger partial charge < -0.3 is 29.8 Å². The molecule has 0 saturated carbocycles. The molecule has 12 nitrogen and oxygen atoms in total. The van der Waals surface area contributed by atoms with Gasteiger partial charge in [0.25, 0.3) is 0 Å². The van der Waals surface area contributed by atoms with E-state index in [-0.39, 0.29) is 35.9 Å². The van der Waals surface area contributed by atoms with Crippen LogP contribution in [0.25, 0.3) is 44.2 Å². The Hall–Kier alpha value is -5.79. The third kappa shape index (κ3) is 8.45. The fourth-order valence-electron chi connectivity index (χ4n) is 9.44. The molecule has 2 fully saturated rings. The molecule has 2 aliphatic heterocycles. The van der Waals surface area contributed by atoms with Gasteiger partial charge >= 0.3 is 6.09 Å². The Kier molecular flexibility index (Phi) is 11.9. The van der Waals surface area contributed by atoms with E-state index in [4.69, 9.17) is 14.7 Å². The second-order valence-electron chi connectivity index (χ2n) is 17.7. The molecule has 0 spiro atoms. The van der Waals surface area contributed by atoms with Gasteiger partial charge in [-0.2, -0.15) is 0 Å². The van der Waals surface area contributed by atoms with E-state index in [1.807, 2.05) is 43.1 Å². The maximum absolute atomic E-state index is 14.6. The van der Waals surface area contributed by atoms with E-state index >= 15 is 0 Å². The van der Waals surface area contributed by atoms with Crippen LogP contribution in [0.5, 0.6) is 0 Å². The van der Waals surface area contributed by atoms with Crippen LogP contribution in [0.2, 0.25) is 19.1 Å². The average Bonchev–Trinajstić information content (AvgIpc) is 4.09. The van der Waals surface area contributed by atoms with Gasteiger partial charge in [0.05, 0.1) is 44.0 Å². The zero-order valence-electron chi connectivity index (χ0n) is 36.4. The number of amides is 3. The summed E-state index contributed by atoms with van der Waals surface area (Å²) in [5.41, 5.74) is 6.87. The number of imidazole rings is 2. The summed E-state index contributed by atoms with van der Waals surface area (Å²) in [5, 5.41) is 4.93. The van der Waals surface area contributed by atoms with Crippen molar-refractivity contribution in [2.24, 2.45) is 5.92 Å². The van der Waals surface area contributed by atoms with E-state index in [9.17, 15) is 14.4 Å². The van der Waals surface area contributed by atoms with Crippen LogP contribution < -0.4 is 5.32 Å². The molecule has 2 aromatic heterocycles. The molecule has 13 heteroatoms. The number of hydrogen-bond donors (Lipinski definition) is 3. The Bertz CT molecular complexity index is 2550. The van der Waals surface area contributed by atoms with E-state index in [1.165, 1.54) is 7.11 Å². The van der Waals surface area contributed by atoms with Crippen LogP contribution >= 0.6 is 0 Å². The number of likely N-dealkylation sites (N-methyl/N-ethyl adjacent to an activating group) is 1. The summed E-state index contributed by atoms with van der Waals surface area (Å²) in [5.74, 6) is 1.53. The highest BCUT2D eigenvalue weighted by Crippen LogP contribution is 2.41. The summed E-state index contributed by atoms with van der Waals surface area (Å²) in [6.07, 6.45) is 3.74. The standard InChI is InChI=1S/C48H58N8O4Si/c1-8-54(9-2)43(31-14-11-10-12-15-31)47(58)56-29-61(6,7)28-41(56)45-50-37-22-21-35(26-38(37)51-45)33-17-18-34-25-36(20-19-32(34)24-33)39-27-49-44(52-39)40-16-13-23-55(40)46(57)42(30(3)4)53-48(59)60-5/h10-12,14-15,17-22,24-27,30,40-43H,8-9,13,16,23,28-29H2,1-7H3,(H,49,52)(H,50,51)(H,53,59)/t40-,41-,42-,43+/m0/s1. The first-order valence-electron chi connectivity index (χ1n) is 21.7. The van der Waals surface area contributed by atoms with E-state index in [1.54, 1.807) is 0 Å². The van der Waals surface area contributed by atoms with Crippen molar-refractivity contribution in [1.29, 1.82) is 0 Å².